The molecular weight excluding hydrogens is 349 g/mol. The third-order valence-corrected chi connectivity index (χ3v) is 5.35. The van der Waals surface area contributed by atoms with Crippen LogP contribution in [0.15, 0.2) is 18.2 Å². The van der Waals surface area contributed by atoms with Crippen LogP contribution in [0.2, 0.25) is 0 Å². The fourth-order valence-corrected chi connectivity index (χ4v) is 3.64. The monoisotopic (exact) mass is 373 g/mol. The Morgan fingerprint density at radius 2 is 1.78 bits per heavy atom. The summed E-state index contributed by atoms with van der Waals surface area (Å²) in [5.74, 6) is -1.35. The molecule has 2 fully saturated rings. The molecule has 1 aromatic rings. The van der Waals surface area contributed by atoms with Crippen molar-refractivity contribution < 1.29 is 14.0 Å². The number of anilines is 1. The normalized spacial score (nSPS) is 20.1. The molecule has 3 rings (SSSR count). The molecule has 144 valence electrons. The second kappa shape index (κ2) is 7.92. The second-order valence-corrected chi connectivity index (χ2v) is 7.21. The molecule has 0 aromatic heterocycles. The average Bonchev–Trinajstić information content (AvgIpc) is 3.17. The third-order valence-electron chi connectivity index (χ3n) is 5.35. The number of carbonyl (C=O) groups is 2. The van der Waals surface area contributed by atoms with Crippen molar-refractivity contribution in [1.29, 1.82) is 5.26 Å². The molecule has 0 radical (unpaired) electrons. The number of halogens is 1. The van der Waals surface area contributed by atoms with Gasteiger partial charge in [0, 0.05) is 45.3 Å². The number of nitriles is 1. The number of hydrogen-bond donors (Lipinski definition) is 0. The Hall–Kier alpha value is -2.66. The Morgan fingerprint density at radius 3 is 2.37 bits per heavy atom. The van der Waals surface area contributed by atoms with Crippen LogP contribution in [0.1, 0.15) is 12.0 Å². The largest absolute Gasteiger partial charge is 0.367 e. The van der Waals surface area contributed by atoms with Gasteiger partial charge in [0.25, 0.3) is 0 Å². The molecule has 1 aromatic carbocycles. The van der Waals surface area contributed by atoms with Crippen molar-refractivity contribution in [3.63, 3.8) is 0 Å². The zero-order chi connectivity index (χ0) is 19.6. The zero-order valence-electron chi connectivity index (χ0n) is 15.7. The Kier molecular flexibility index (Phi) is 5.61. The fraction of sp³-hybridized carbons (Fsp3) is 0.526. The van der Waals surface area contributed by atoms with Crippen molar-refractivity contribution in [2.45, 2.75) is 12.5 Å². The molecule has 7 nitrogen and oxygen atoms in total. The fourth-order valence-electron chi connectivity index (χ4n) is 3.64. The van der Waals surface area contributed by atoms with Crippen molar-refractivity contribution in [1.82, 2.24) is 14.7 Å². The maximum atomic E-state index is 13.3. The van der Waals surface area contributed by atoms with Gasteiger partial charge in [-0.15, -0.1) is 0 Å². The minimum Gasteiger partial charge on any atom is -0.367 e. The highest BCUT2D eigenvalue weighted by Crippen LogP contribution is 2.23. The minimum atomic E-state index is -0.464. The van der Waals surface area contributed by atoms with Crippen LogP contribution < -0.4 is 4.90 Å². The Balaban J connectivity index is 1.58. The maximum absolute atomic E-state index is 13.3. The summed E-state index contributed by atoms with van der Waals surface area (Å²) in [7, 11) is 3.95. The summed E-state index contributed by atoms with van der Waals surface area (Å²) in [6.45, 7) is 2.99. The molecule has 2 aliphatic rings. The Morgan fingerprint density at radius 1 is 1.11 bits per heavy atom. The number of amides is 2. The first kappa shape index (κ1) is 19.1. The quantitative estimate of drug-likeness (QED) is 0.707. The molecule has 2 heterocycles. The van der Waals surface area contributed by atoms with Crippen molar-refractivity contribution in [3.8, 4) is 6.07 Å². The van der Waals surface area contributed by atoms with E-state index in [0.29, 0.717) is 51.0 Å². The van der Waals surface area contributed by atoms with E-state index in [1.165, 1.54) is 12.1 Å². The molecule has 1 unspecified atom stereocenters. The predicted octanol–water partition coefficient (Wildman–Crippen LogP) is 0.508. The summed E-state index contributed by atoms with van der Waals surface area (Å²) in [4.78, 5) is 32.3. The summed E-state index contributed by atoms with van der Waals surface area (Å²) in [6, 6.07) is 6.43. The molecule has 0 saturated carbocycles. The van der Waals surface area contributed by atoms with Crippen LogP contribution in [0.3, 0.4) is 0 Å². The van der Waals surface area contributed by atoms with Gasteiger partial charge in [-0.2, -0.15) is 5.26 Å². The van der Waals surface area contributed by atoms with Crippen molar-refractivity contribution >= 4 is 17.5 Å². The van der Waals surface area contributed by atoms with E-state index in [0.717, 1.165) is 6.42 Å². The Bertz CT molecular complexity index is 768. The lowest BCUT2D eigenvalue weighted by atomic mass is 10.1. The number of nitrogens with zero attached hydrogens (tertiary/aromatic N) is 5. The number of hydrogen-bond acceptors (Lipinski definition) is 5. The standard InChI is InChI=1S/C19H24FN5O2/c1-22(2)16-5-6-25(13-16)19(27)18(26)24-9-7-23(8-10-24)17-4-3-15(20)11-14(17)12-21/h3-4,11,16H,5-10,13H2,1-2H3. The van der Waals surface area contributed by atoms with Gasteiger partial charge in [-0.25, -0.2) is 4.39 Å². The van der Waals surface area contributed by atoms with Gasteiger partial charge in [-0.05, 0) is 38.7 Å². The van der Waals surface area contributed by atoms with Crippen LogP contribution in [0.5, 0.6) is 0 Å². The van der Waals surface area contributed by atoms with Crippen LogP contribution in [0.25, 0.3) is 0 Å². The smallest absolute Gasteiger partial charge is 0.312 e. The number of likely N-dealkylation sites (N-methyl/N-ethyl adjacent to an activating group) is 1. The third kappa shape index (κ3) is 4.03. The second-order valence-electron chi connectivity index (χ2n) is 7.21. The molecule has 1 atom stereocenters. The van der Waals surface area contributed by atoms with Crippen molar-refractivity contribution in [2.24, 2.45) is 0 Å². The first-order valence-electron chi connectivity index (χ1n) is 9.10. The molecule has 0 spiro atoms. The minimum absolute atomic E-state index is 0.276. The molecule has 2 saturated heterocycles. The van der Waals surface area contributed by atoms with Crippen LogP contribution in [-0.2, 0) is 9.59 Å². The lowest BCUT2D eigenvalue weighted by Crippen LogP contribution is -2.53. The van der Waals surface area contributed by atoms with Gasteiger partial charge in [0.2, 0.25) is 0 Å². The molecule has 27 heavy (non-hydrogen) atoms. The summed E-state index contributed by atoms with van der Waals surface area (Å²) in [5.41, 5.74) is 0.934. The molecule has 0 bridgehead atoms. The number of carbonyl (C=O) groups excluding carboxylic acids is 2. The lowest BCUT2D eigenvalue weighted by Gasteiger charge is -2.36. The van der Waals surface area contributed by atoms with Crippen LogP contribution in [0.4, 0.5) is 10.1 Å². The highest BCUT2D eigenvalue weighted by molar-refractivity contribution is 6.35. The molecule has 2 aliphatic heterocycles. The zero-order valence-corrected chi connectivity index (χ0v) is 15.7. The first-order valence-corrected chi connectivity index (χ1v) is 9.10. The van der Waals surface area contributed by atoms with Crippen LogP contribution >= 0.6 is 0 Å². The van der Waals surface area contributed by atoms with Gasteiger partial charge in [0.1, 0.15) is 11.9 Å². The van der Waals surface area contributed by atoms with Gasteiger partial charge in [-0.1, -0.05) is 0 Å². The van der Waals surface area contributed by atoms with Gasteiger partial charge in [0.15, 0.2) is 0 Å². The molecule has 2 amide bonds. The first-order chi connectivity index (χ1) is 12.9. The van der Waals surface area contributed by atoms with Crippen LogP contribution in [-0.4, -0.2) is 85.9 Å². The van der Waals surface area contributed by atoms with E-state index in [9.17, 15) is 19.2 Å². The Labute approximate surface area is 158 Å². The SMILES string of the molecule is CN(C)C1CCN(C(=O)C(=O)N2CCN(c3ccc(F)cc3C#N)CC2)C1. The van der Waals surface area contributed by atoms with Crippen molar-refractivity contribution in [3.05, 3.63) is 29.6 Å². The maximum Gasteiger partial charge on any atom is 0.312 e. The number of likely N-dealkylation sites (tertiary alicyclic amines) is 1. The van der Waals surface area contributed by atoms with Gasteiger partial charge in [-0.3, -0.25) is 9.59 Å². The topological polar surface area (TPSA) is 70.9 Å². The molecule has 0 N–H and O–H groups in total. The van der Waals surface area contributed by atoms with Gasteiger partial charge in [0.05, 0.1) is 11.3 Å². The number of rotatable bonds is 2. The highest BCUT2D eigenvalue weighted by atomic mass is 19.1. The summed E-state index contributed by atoms with van der Waals surface area (Å²) >= 11 is 0. The van der Waals surface area contributed by atoms with Gasteiger partial charge >= 0.3 is 11.8 Å². The van der Waals surface area contributed by atoms with E-state index < -0.39 is 17.6 Å². The molecule has 8 heteroatoms. The highest BCUT2D eigenvalue weighted by Gasteiger charge is 2.34. The van der Waals surface area contributed by atoms with E-state index in [-0.39, 0.29) is 5.56 Å². The summed E-state index contributed by atoms with van der Waals surface area (Å²) in [5, 5.41) is 9.21. The lowest BCUT2D eigenvalue weighted by molar-refractivity contribution is -0.151. The number of piperazine rings is 1. The molecular formula is C19H24FN5O2. The van der Waals surface area contributed by atoms with Crippen molar-refractivity contribution in [2.75, 3.05) is 58.3 Å². The summed E-state index contributed by atoms with van der Waals surface area (Å²) < 4.78 is 13.3. The predicted molar refractivity (Wildman–Crippen MR) is 98.6 cm³/mol. The number of benzene rings is 1. The van der Waals surface area contributed by atoms with Crippen LogP contribution in [0, 0.1) is 17.1 Å². The van der Waals surface area contributed by atoms with E-state index in [1.807, 2.05) is 25.1 Å². The summed E-state index contributed by atoms with van der Waals surface area (Å²) in [6.07, 6.45) is 0.876. The van der Waals surface area contributed by atoms with Gasteiger partial charge < -0.3 is 19.6 Å². The molecule has 0 aliphatic carbocycles. The van der Waals surface area contributed by atoms with E-state index >= 15 is 0 Å². The average molecular weight is 373 g/mol. The van der Waals surface area contributed by atoms with E-state index in [1.54, 1.807) is 15.9 Å². The van der Waals surface area contributed by atoms with E-state index in [4.69, 9.17) is 0 Å². The van der Waals surface area contributed by atoms with E-state index in [2.05, 4.69) is 4.90 Å².